The third-order valence-corrected chi connectivity index (χ3v) is 4.02. The summed E-state index contributed by atoms with van der Waals surface area (Å²) in [6, 6.07) is 0. The Kier molecular flexibility index (Phi) is 5.40. The standard InChI is InChI=1S/C13H25N3S/c1-9(2)6-7-16(5)13-15-12(10(3)4)11(8-14)17-13/h9-10H,6-8,14H2,1-5H3. The van der Waals surface area contributed by atoms with Gasteiger partial charge < -0.3 is 10.6 Å². The molecular formula is C13H25N3S. The first-order valence-corrected chi connectivity index (χ1v) is 7.18. The molecule has 98 valence electrons. The summed E-state index contributed by atoms with van der Waals surface area (Å²) >= 11 is 1.74. The average molecular weight is 255 g/mol. The Hall–Kier alpha value is -0.610. The van der Waals surface area contributed by atoms with Gasteiger partial charge in [0.1, 0.15) is 0 Å². The van der Waals surface area contributed by atoms with Crippen molar-refractivity contribution < 1.29 is 0 Å². The van der Waals surface area contributed by atoms with Crippen molar-refractivity contribution in [3.63, 3.8) is 0 Å². The van der Waals surface area contributed by atoms with Gasteiger partial charge in [0.05, 0.1) is 5.69 Å². The average Bonchev–Trinajstić information content (AvgIpc) is 2.69. The van der Waals surface area contributed by atoms with Crippen molar-refractivity contribution in [1.29, 1.82) is 0 Å². The monoisotopic (exact) mass is 255 g/mol. The Bertz CT molecular complexity index is 344. The van der Waals surface area contributed by atoms with Crippen LogP contribution >= 0.6 is 11.3 Å². The largest absolute Gasteiger partial charge is 0.351 e. The minimum Gasteiger partial charge on any atom is -0.351 e. The van der Waals surface area contributed by atoms with Gasteiger partial charge in [0.2, 0.25) is 0 Å². The van der Waals surface area contributed by atoms with E-state index in [0.717, 1.165) is 17.6 Å². The molecule has 2 N–H and O–H groups in total. The van der Waals surface area contributed by atoms with E-state index in [1.54, 1.807) is 11.3 Å². The van der Waals surface area contributed by atoms with E-state index >= 15 is 0 Å². The van der Waals surface area contributed by atoms with Gasteiger partial charge in [-0.15, -0.1) is 11.3 Å². The topological polar surface area (TPSA) is 42.2 Å². The van der Waals surface area contributed by atoms with Crippen LogP contribution in [-0.2, 0) is 6.54 Å². The van der Waals surface area contributed by atoms with Crippen LogP contribution < -0.4 is 10.6 Å². The summed E-state index contributed by atoms with van der Waals surface area (Å²) in [5.74, 6) is 1.19. The van der Waals surface area contributed by atoms with Crippen molar-refractivity contribution in [2.75, 3.05) is 18.5 Å². The van der Waals surface area contributed by atoms with Gasteiger partial charge in [-0.2, -0.15) is 0 Å². The molecule has 4 heteroatoms. The molecule has 0 unspecified atom stereocenters. The zero-order chi connectivity index (χ0) is 13.0. The second-order valence-corrected chi connectivity index (χ2v) is 6.33. The summed E-state index contributed by atoms with van der Waals surface area (Å²) < 4.78 is 0. The van der Waals surface area contributed by atoms with Gasteiger partial charge in [0.15, 0.2) is 5.13 Å². The van der Waals surface area contributed by atoms with Crippen LogP contribution in [0.4, 0.5) is 5.13 Å². The van der Waals surface area contributed by atoms with E-state index in [1.165, 1.54) is 17.0 Å². The van der Waals surface area contributed by atoms with Crippen LogP contribution in [0, 0.1) is 5.92 Å². The first kappa shape index (κ1) is 14.5. The Balaban J connectivity index is 2.77. The molecule has 0 fully saturated rings. The number of hydrogen-bond donors (Lipinski definition) is 1. The lowest BCUT2D eigenvalue weighted by molar-refractivity contribution is 0.584. The minimum absolute atomic E-state index is 0.456. The lowest BCUT2D eigenvalue weighted by Crippen LogP contribution is -2.19. The molecule has 17 heavy (non-hydrogen) atoms. The van der Waals surface area contributed by atoms with Gasteiger partial charge >= 0.3 is 0 Å². The van der Waals surface area contributed by atoms with Crippen LogP contribution in [-0.4, -0.2) is 18.6 Å². The Morgan fingerprint density at radius 1 is 1.29 bits per heavy atom. The number of rotatable bonds is 6. The van der Waals surface area contributed by atoms with E-state index in [1.807, 2.05) is 0 Å². The third kappa shape index (κ3) is 3.96. The molecule has 0 saturated heterocycles. The molecule has 0 aliphatic rings. The summed E-state index contributed by atoms with van der Waals surface area (Å²) in [6.07, 6.45) is 1.20. The molecule has 1 aromatic heterocycles. The molecule has 3 nitrogen and oxygen atoms in total. The molecule has 1 heterocycles. The Morgan fingerprint density at radius 2 is 1.94 bits per heavy atom. The zero-order valence-electron chi connectivity index (χ0n) is 11.7. The molecule has 0 amide bonds. The van der Waals surface area contributed by atoms with E-state index in [0.29, 0.717) is 12.5 Å². The predicted molar refractivity (Wildman–Crippen MR) is 76.8 cm³/mol. The highest BCUT2D eigenvalue weighted by Crippen LogP contribution is 2.30. The van der Waals surface area contributed by atoms with Crippen molar-refractivity contribution in [1.82, 2.24) is 4.98 Å². The Morgan fingerprint density at radius 3 is 2.35 bits per heavy atom. The number of hydrogen-bond acceptors (Lipinski definition) is 4. The fourth-order valence-electron chi connectivity index (χ4n) is 1.66. The number of anilines is 1. The van der Waals surface area contributed by atoms with Crippen LogP contribution in [0.1, 0.15) is 50.6 Å². The van der Waals surface area contributed by atoms with Crippen LogP contribution in [0.25, 0.3) is 0 Å². The van der Waals surface area contributed by atoms with Gasteiger partial charge in [-0.3, -0.25) is 0 Å². The van der Waals surface area contributed by atoms with Crippen LogP contribution in [0.15, 0.2) is 0 Å². The maximum atomic E-state index is 5.78. The molecule has 0 saturated carbocycles. The van der Waals surface area contributed by atoms with Gasteiger partial charge in [0.25, 0.3) is 0 Å². The molecule has 1 aromatic rings. The molecule has 1 rings (SSSR count). The summed E-state index contributed by atoms with van der Waals surface area (Å²) in [4.78, 5) is 8.20. The van der Waals surface area contributed by atoms with Crippen LogP contribution in [0.2, 0.25) is 0 Å². The highest BCUT2D eigenvalue weighted by molar-refractivity contribution is 7.15. The molecule has 0 spiro atoms. The molecule has 0 aliphatic carbocycles. The highest BCUT2D eigenvalue weighted by Gasteiger charge is 2.15. The maximum Gasteiger partial charge on any atom is 0.185 e. The normalized spacial score (nSPS) is 11.5. The molecule has 0 atom stereocenters. The van der Waals surface area contributed by atoms with Crippen LogP contribution in [0.3, 0.4) is 0 Å². The molecule has 0 bridgehead atoms. The number of nitrogens with zero attached hydrogens (tertiary/aromatic N) is 2. The summed E-state index contributed by atoms with van der Waals surface area (Å²) in [5, 5.41) is 1.11. The van der Waals surface area contributed by atoms with Crippen molar-refractivity contribution in [3.05, 3.63) is 10.6 Å². The van der Waals surface area contributed by atoms with Gasteiger partial charge in [-0.1, -0.05) is 27.7 Å². The number of aromatic nitrogens is 1. The van der Waals surface area contributed by atoms with E-state index in [2.05, 4.69) is 39.6 Å². The fraction of sp³-hybridized carbons (Fsp3) is 0.769. The van der Waals surface area contributed by atoms with E-state index in [9.17, 15) is 0 Å². The lowest BCUT2D eigenvalue weighted by atomic mass is 10.1. The van der Waals surface area contributed by atoms with E-state index < -0.39 is 0 Å². The van der Waals surface area contributed by atoms with Crippen molar-refractivity contribution in [3.8, 4) is 0 Å². The maximum absolute atomic E-state index is 5.78. The SMILES string of the molecule is CC(C)CCN(C)c1nc(C(C)C)c(CN)s1. The zero-order valence-corrected chi connectivity index (χ0v) is 12.5. The second kappa shape index (κ2) is 6.36. The number of nitrogens with two attached hydrogens (primary N) is 1. The second-order valence-electron chi connectivity index (χ2n) is 5.27. The van der Waals surface area contributed by atoms with Crippen molar-refractivity contribution in [2.45, 2.75) is 46.6 Å². The van der Waals surface area contributed by atoms with E-state index in [4.69, 9.17) is 10.7 Å². The van der Waals surface area contributed by atoms with Gasteiger partial charge in [-0.05, 0) is 18.3 Å². The van der Waals surface area contributed by atoms with Gasteiger partial charge in [0, 0.05) is 25.0 Å². The minimum atomic E-state index is 0.456. The van der Waals surface area contributed by atoms with Crippen molar-refractivity contribution in [2.24, 2.45) is 11.7 Å². The first-order chi connectivity index (χ1) is 7.95. The van der Waals surface area contributed by atoms with Crippen molar-refractivity contribution >= 4 is 16.5 Å². The molecule has 0 aromatic carbocycles. The van der Waals surface area contributed by atoms with Gasteiger partial charge in [-0.25, -0.2) is 4.98 Å². The quantitative estimate of drug-likeness (QED) is 0.848. The predicted octanol–water partition coefficient (Wildman–Crippen LogP) is 3.21. The molecule has 0 radical (unpaired) electrons. The molecular weight excluding hydrogens is 230 g/mol. The summed E-state index contributed by atoms with van der Waals surface area (Å²) in [6.45, 7) is 10.5. The Labute approximate surface area is 109 Å². The fourth-order valence-corrected chi connectivity index (χ4v) is 2.74. The van der Waals surface area contributed by atoms with E-state index in [-0.39, 0.29) is 0 Å². The first-order valence-electron chi connectivity index (χ1n) is 6.36. The summed E-state index contributed by atoms with van der Waals surface area (Å²) in [5.41, 5.74) is 6.95. The lowest BCUT2D eigenvalue weighted by Gasteiger charge is -2.16. The highest BCUT2D eigenvalue weighted by atomic mass is 32.1. The van der Waals surface area contributed by atoms with Crippen LogP contribution in [0.5, 0.6) is 0 Å². The smallest absolute Gasteiger partial charge is 0.185 e. The third-order valence-electron chi connectivity index (χ3n) is 2.82. The summed E-state index contributed by atoms with van der Waals surface area (Å²) in [7, 11) is 2.12. The number of thiazole rings is 1. The molecule has 0 aliphatic heterocycles.